The smallest absolute Gasteiger partial charge is 0.258 e. The number of amides is 1. The molecule has 1 aromatic carbocycles. The molecule has 0 bridgehead atoms. The summed E-state index contributed by atoms with van der Waals surface area (Å²) < 4.78 is 10.4. The van der Waals surface area contributed by atoms with Crippen molar-refractivity contribution in [2.75, 3.05) is 31.4 Å². The number of carbonyl (C=O) groups is 1. The lowest BCUT2D eigenvalue weighted by atomic mass is 10.1. The molecule has 25 heavy (non-hydrogen) atoms. The molecule has 0 unspecified atom stereocenters. The number of hydrogen-bond acceptors (Lipinski definition) is 6. The Bertz CT molecular complexity index is 702. The van der Waals surface area contributed by atoms with Gasteiger partial charge in [-0.05, 0) is 24.5 Å². The third-order valence-electron chi connectivity index (χ3n) is 3.57. The van der Waals surface area contributed by atoms with E-state index in [1.807, 2.05) is 0 Å². The highest BCUT2D eigenvalue weighted by Gasteiger charge is 2.12. The number of methoxy groups -OCH3 is 2. The van der Waals surface area contributed by atoms with Gasteiger partial charge in [-0.3, -0.25) is 4.79 Å². The summed E-state index contributed by atoms with van der Waals surface area (Å²) in [5, 5.41) is 5.92. The lowest BCUT2D eigenvalue weighted by molar-refractivity contribution is 0.102. The van der Waals surface area contributed by atoms with Gasteiger partial charge in [0.1, 0.15) is 11.5 Å². The van der Waals surface area contributed by atoms with Gasteiger partial charge in [-0.1, -0.05) is 13.8 Å². The number of ether oxygens (including phenoxy) is 2. The molecule has 0 saturated carbocycles. The molecule has 0 saturated heterocycles. The van der Waals surface area contributed by atoms with Gasteiger partial charge in [-0.25, -0.2) is 9.97 Å². The standard InChI is InChI=1S/C18H24N4O3/c1-12(2)7-8-19-18-20-10-13(11-21-18)17(23)22-15-9-14(24-3)5-6-16(15)25-4/h5-6,9-12H,7-8H2,1-4H3,(H,22,23)(H,19,20,21). The van der Waals surface area contributed by atoms with Crippen molar-refractivity contribution in [2.24, 2.45) is 5.92 Å². The van der Waals surface area contributed by atoms with Gasteiger partial charge in [0.05, 0.1) is 25.5 Å². The molecule has 0 radical (unpaired) electrons. The van der Waals surface area contributed by atoms with Crippen molar-refractivity contribution in [2.45, 2.75) is 20.3 Å². The molecular weight excluding hydrogens is 320 g/mol. The first-order valence-electron chi connectivity index (χ1n) is 8.12. The Morgan fingerprint density at radius 1 is 1.16 bits per heavy atom. The molecule has 1 amide bonds. The van der Waals surface area contributed by atoms with E-state index in [-0.39, 0.29) is 5.91 Å². The Labute approximate surface area is 147 Å². The number of rotatable bonds is 8. The van der Waals surface area contributed by atoms with Crippen molar-refractivity contribution in [3.63, 3.8) is 0 Å². The van der Waals surface area contributed by atoms with Crippen LogP contribution in [0.15, 0.2) is 30.6 Å². The summed E-state index contributed by atoms with van der Waals surface area (Å²) >= 11 is 0. The molecule has 2 aromatic rings. The third-order valence-corrected chi connectivity index (χ3v) is 3.57. The number of anilines is 2. The van der Waals surface area contributed by atoms with Crippen LogP contribution >= 0.6 is 0 Å². The molecule has 2 N–H and O–H groups in total. The van der Waals surface area contributed by atoms with Crippen LogP contribution < -0.4 is 20.1 Å². The molecule has 0 aliphatic carbocycles. The van der Waals surface area contributed by atoms with Gasteiger partial charge in [0.15, 0.2) is 0 Å². The molecule has 0 aliphatic rings. The van der Waals surface area contributed by atoms with Crippen LogP contribution in [0.2, 0.25) is 0 Å². The van der Waals surface area contributed by atoms with E-state index >= 15 is 0 Å². The fourth-order valence-electron chi connectivity index (χ4n) is 2.12. The molecule has 134 valence electrons. The van der Waals surface area contributed by atoms with Crippen LogP contribution in [-0.2, 0) is 0 Å². The maximum atomic E-state index is 12.4. The van der Waals surface area contributed by atoms with E-state index < -0.39 is 0 Å². The van der Waals surface area contributed by atoms with Gasteiger partial charge in [-0.15, -0.1) is 0 Å². The zero-order chi connectivity index (χ0) is 18.2. The maximum Gasteiger partial charge on any atom is 0.258 e. The van der Waals surface area contributed by atoms with Crippen LogP contribution in [0.3, 0.4) is 0 Å². The predicted molar refractivity (Wildman–Crippen MR) is 97.5 cm³/mol. The highest BCUT2D eigenvalue weighted by Crippen LogP contribution is 2.29. The fraction of sp³-hybridized carbons (Fsp3) is 0.389. The number of hydrogen-bond donors (Lipinski definition) is 2. The molecule has 0 atom stereocenters. The Hall–Kier alpha value is -2.83. The molecule has 0 spiro atoms. The van der Waals surface area contributed by atoms with E-state index in [9.17, 15) is 4.79 Å². The van der Waals surface area contributed by atoms with Gasteiger partial charge in [0.2, 0.25) is 5.95 Å². The molecule has 7 nitrogen and oxygen atoms in total. The third kappa shape index (κ3) is 5.34. The molecular formula is C18H24N4O3. The summed E-state index contributed by atoms with van der Waals surface area (Å²) in [6.07, 6.45) is 4.01. The first-order chi connectivity index (χ1) is 12.0. The van der Waals surface area contributed by atoms with E-state index in [0.29, 0.717) is 34.6 Å². The van der Waals surface area contributed by atoms with Crippen LogP contribution in [0.25, 0.3) is 0 Å². The van der Waals surface area contributed by atoms with Crippen LogP contribution in [0, 0.1) is 5.92 Å². The summed E-state index contributed by atoms with van der Waals surface area (Å²) in [4.78, 5) is 20.7. The molecule has 2 rings (SSSR count). The highest BCUT2D eigenvalue weighted by molar-refractivity contribution is 6.04. The first kappa shape index (κ1) is 18.5. The summed E-state index contributed by atoms with van der Waals surface area (Å²) in [5.74, 6) is 1.96. The van der Waals surface area contributed by atoms with E-state index in [0.717, 1.165) is 13.0 Å². The van der Waals surface area contributed by atoms with E-state index in [4.69, 9.17) is 9.47 Å². The minimum Gasteiger partial charge on any atom is -0.497 e. The number of nitrogens with zero attached hydrogens (tertiary/aromatic N) is 2. The van der Waals surface area contributed by atoms with E-state index in [2.05, 4.69) is 34.4 Å². The van der Waals surface area contributed by atoms with Gasteiger partial charge >= 0.3 is 0 Å². The van der Waals surface area contributed by atoms with Gasteiger partial charge < -0.3 is 20.1 Å². The Balaban J connectivity index is 2.03. The topological polar surface area (TPSA) is 85.4 Å². The van der Waals surface area contributed by atoms with Crippen LogP contribution in [0.5, 0.6) is 11.5 Å². The number of carbonyl (C=O) groups excluding carboxylic acids is 1. The highest BCUT2D eigenvalue weighted by atomic mass is 16.5. The number of nitrogens with one attached hydrogen (secondary N) is 2. The van der Waals surface area contributed by atoms with Gasteiger partial charge in [0, 0.05) is 25.0 Å². The zero-order valence-corrected chi connectivity index (χ0v) is 15.0. The van der Waals surface area contributed by atoms with Crippen molar-refractivity contribution in [1.82, 2.24) is 9.97 Å². The van der Waals surface area contributed by atoms with E-state index in [1.54, 1.807) is 25.3 Å². The minimum atomic E-state index is -0.319. The summed E-state index contributed by atoms with van der Waals surface area (Å²) in [5.41, 5.74) is 0.880. The first-order valence-corrected chi connectivity index (χ1v) is 8.12. The summed E-state index contributed by atoms with van der Waals surface area (Å²) in [7, 11) is 3.10. The molecule has 0 fully saturated rings. The van der Waals surface area contributed by atoms with Gasteiger partial charge in [0.25, 0.3) is 5.91 Å². The molecule has 1 heterocycles. The second-order valence-corrected chi connectivity index (χ2v) is 5.92. The second kappa shape index (κ2) is 8.86. The van der Waals surface area contributed by atoms with Crippen LogP contribution in [0.4, 0.5) is 11.6 Å². The van der Waals surface area contributed by atoms with Crippen LogP contribution in [0.1, 0.15) is 30.6 Å². The van der Waals surface area contributed by atoms with Gasteiger partial charge in [-0.2, -0.15) is 0 Å². The quantitative estimate of drug-likeness (QED) is 0.765. The normalized spacial score (nSPS) is 10.4. The number of benzene rings is 1. The average molecular weight is 344 g/mol. The average Bonchev–Trinajstić information content (AvgIpc) is 2.61. The second-order valence-electron chi connectivity index (χ2n) is 5.92. The zero-order valence-electron chi connectivity index (χ0n) is 15.0. The Morgan fingerprint density at radius 2 is 1.88 bits per heavy atom. The SMILES string of the molecule is COc1ccc(OC)c(NC(=O)c2cnc(NCCC(C)C)nc2)c1. The van der Waals surface area contributed by atoms with E-state index in [1.165, 1.54) is 19.5 Å². The van der Waals surface area contributed by atoms with Crippen molar-refractivity contribution in [3.05, 3.63) is 36.2 Å². The van der Waals surface area contributed by atoms with Crippen molar-refractivity contribution < 1.29 is 14.3 Å². The summed E-state index contributed by atoms with van der Waals surface area (Å²) in [6.45, 7) is 5.11. The fourth-order valence-corrected chi connectivity index (χ4v) is 2.12. The lowest BCUT2D eigenvalue weighted by Gasteiger charge is -2.12. The van der Waals surface area contributed by atoms with Crippen molar-refractivity contribution in [3.8, 4) is 11.5 Å². The maximum absolute atomic E-state index is 12.4. The number of aromatic nitrogens is 2. The lowest BCUT2D eigenvalue weighted by Crippen LogP contribution is -2.14. The molecule has 1 aromatic heterocycles. The molecule has 7 heteroatoms. The minimum absolute atomic E-state index is 0.319. The molecule has 0 aliphatic heterocycles. The van der Waals surface area contributed by atoms with Crippen LogP contribution in [-0.4, -0.2) is 36.6 Å². The van der Waals surface area contributed by atoms with Crippen molar-refractivity contribution >= 4 is 17.5 Å². The largest absolute Gasteiger partial charge is 0.497 e. The Kier molecular flexibility index (Phi) is 6.56. The Morgan fingerprint density at radius 3 is 2.48 bits per heavy atom. The predicted octanol–water partition coefficient (Wildman–Crippen LogP) is 3.20. The summed E-state index contributed by atoms with van der Waals surface area (Å²) in [6, 6.07) is 5.18. The monoisotopic (exact) mass is 344 g/mol. The van der Waals surface area contributed by atoms with Crippen molar-refractivity contribution in [1.29, 1.82) is 0 Å².